The number of rotatable bonds is 6. The van der Waals surface area contributed by atoms with Crippen molar-refractivity contribution < 1.29 is 9.90 Å². The van der Waals surface area contributed by atoms with E-state index in [1.54, 1.807) is 30.8 Å². The second-order valence-electron chi connectivity index (χ2n) is 3.52. The Morgan fingerprint density at radius 3 is 2.94 bits per heavy atom. The minimum absolute atomic E-state index is 0.345. The van der Waals surface area contributed by atoms with E-state index in [1.807, 2.05) is 6.07 Å². The summed E-state index contributed by atoms with van der Waals surface area (Å²) < 4.78 is 0. The maximum atomic E-state index is 10.8. The van der Waals surface area contributed by atoms with Crippen LogP contribution in [0.1, 0.15) is 15.9 Å². The molecule has 0 heterocycles. The first-order chi connectivity index (χ1) is 8.15. The molecule has 0 aromatic heterocycles. The molecule has 90 valence electrons. The summed E-state index contributed by atoms with van der Waals surface area (Å²) in [5, 5.41) is 12.1. The van der Waals surface area contributed by atoms with Crippen molar-refractivity contribution >= 4 is 23.4 Å². The molecule has 0 aliphatic rings. The Balaban J connectivity index is 2.48. The summed E-state index contributed by atoms with van der Waals surface area (Å²) >= 11 is 1.69. The largest absolute Gasteiger partial charge is 0.478 e. The van der Waals surface area contributed by atoms with Crippen LogP contribution in [-0.2, 0) is 0 Å². The molecule has 17 heavy (non-hydrogen) atoms. The van der Waals surface area contributed by atoms with Crippen LogP contribution in [0.5, 0.6) is 0 Å². The number of thioether (sulfide) groups is 1. The quantitative estimate of drug-likeness (QED) is 0.600. The lowest BCUT2D eigenvalue weighted by Crippen LogP contribution is -2.06. The fourth-order valence-electron chi connectivity index (χ4n) is 1.41. The molecule has 1 rings (SSSR count). The highest BCUT2D eigenvalue weighted by atomic mass is 32.2. The van der Waals surface area contributed by atoms with Gasteiger partial charge < -0.3 is 10.4 Å². The molecule has 0 aliphatic heterocycles. The standard InChI is InChI=1S/C13H15NO2S/c1-3-7-17-8-6-14-11-4-5-12(13(15)16)10(2)9-11/h1,4-5,9,14H,6-8H2,2H3,(H,15,16). The average molecular weight is 249 g/mol. The Hall–Kier alpha value is -1.60. The van der Waals surface area contributed by atoms with Gasteiger partial charge in [0.05, 0.1) is 11.3 Å². The highest BCUT2D eigenvalue weighted by molar-refractivity contribution is 7.99. The maximum Gasteiger partial charge on any atom is 0.335 e. The Morgan fingerprint density at radius 2 is 2.35 bits per heavy atom. The molecule has 3 nitrogen and oxygen atoms in total. The van der Waals surface area contributed by atoms with Crippen molar-refractivity contribution in [3.63, 3.8) is 0 Å². The van der Waals surface area contributed by atoms with Crippen molar-refractivity contribution in [2.75, 3.05) is 23.4 Å². The van der Waals surface area contributed by atoms with Gasteiger partial charge in [0.1, 0.15) is 0 Å². The lowest BCUT2D eigenvalue weighted by molar-refractivity contribution is 0.0696. The summed E-state index contributed by atoms with van der Waals surface area (Å²) in [4.78, 5) is 10.8. The zero-order valence-electron chi connectivity index (χ0n) is 9.69. The Bertz CT molecular complexity index is 438. The van der Waals surface area contributed by atoms with Crippen molar-refractivity contribution in [1.29, 1.82) is 0 Å². The highest BCUT2D eigenvalue weighted by Crippen LogP contribution is 2.15. The number of carboxylic acid groups (broad SMARTS) is 1. The van der Waals surface area contributed by atoms with Gasteiger partial charge in [0.25, 0.3) is 0 Å². The van der Waals surface area contributed by atoms with Gasteiger partial charge in [0, 0.05) is 18.0 Å². The zero-order valence-corrected chi connectivity index (χ0v) is 10.5. The van der Waals surface area contributed by atoms with Gasteiger partial charge in [0.15, 0.2) is 0 Å². The monoisotopic (exact) mass is 249 g/mol. The van der Waals surface area contributed by atoms with Crippen molar-refractivity contribution in [2.45, 2.75) is 6.92 Å². The smallest absolute Gasteiger partial charge is 0.335 e. The molecular weight excluding hydrogens is 234 g/mol. The number of nitrogens with one attached hydrogen (secondary N) is 1. The van der Waals surface area contributed by atoms with E-state index in [1.165, 1.54) is 0 Å². The lowest BCUT2D eigenvalue weighted by Gasteiger charge is -2.08. The summed E-state index contributed by atoms with van der Waals surface area (Å²) in [6.45, 7) is 2.61. The van der Waals surface area contributed by atoms with Gasteiger partial charge >= 0.3 is 5.97 Å². The van der Waals surface area contributed by atoms with E-state index in [-0.39, 0.29) is 0 Å². The molecule has 0 spiro atoms. The SMILES string of the molecule is C#CCSCCNc1ccc(C(=O)O)c(C)c1. The second kappa shape index (κ2) is 6.87. The number of anilines is 1. The molecule has 0 unspecified atom stereocenters. The Labute approximate surface area is 106 Å². The van der Waals surface area contributed by atoms with Crippen LogP contribution < -0.4 is 5.32 Å². The first kappa shape index (κ1) is 13.5. The number of hydrogen-bond donors (Lipinski definition) is 2. The third-order valence-electron chi connectivity index (χ3n) is 2.22. The third kappa shape index (κ3) is 4.41. The number of terminal acetylenes is 1. The number of aryl methyl sites for hydroxylation is 1. The normalized spacial score (nSPS) is 9.65. The number of carbonyl (C=O) groups is 1. The second-order valence-corrected chi connectivity index (χ2v) is 4.62. The molecule has 0 saturated carbocycles. The predicted octanol–water partition coefficient (Wildman–Crippen LogP) is 2.47. The van der Waals surface area contributed by atoms with Crippen LogP contribution in [0.15, 0.2) is 18.2 Å². The maximum absolute atomic E-state index is 10.8. The van der Waals surface area contributed by atoms with E-state index in [0.717, 1.165) is 29.3 Å². The van der Waals surface area contributed by atoms with Crippen LogP contribution in [-0.4, -0.2) is 29.1 Å². The topological polar surface area (TPSA) is 49.3 Å². The first-order valence-electron chi connectivity index (χ1n) is 5.24. The van der Waals surface area contributed by atoms with Crippen LogP contribution in [0.3, 0.4) is 0 Å². The molecule has 0 bridgehead atoms. The van der Waals surface area contributed by atoms with Gasteiger partial charge in [-0.1, -0.05) is 5.92 Å². The fraction of sp³-hybridized carbons (Fsp3) is 0.308. The van der Waals surface area contributed by atoms with Gasteiger partial charge in [-0.2, -0.15) is 0 Å². The summed E-state index contributed by atoms with van der Waals surface area (Å²) in [7, 11) is 0. The van der Waals surface area contributed by atoms with Crippen molar-refractivity contribution in [3.05, 3.63) is 29.3 Å². The van der Waals surface area contributed by atoms with E-state index >= 15 is 0 Å². The van der Waals surface area contributed by atoms with E-state index in [0.29, 0.717) is 5.56 Å². The average Bonchev–Trinajstić information content (AvgIpc) is 2.28. The number of hydrogen-bond acceptors (Lipinski definition) is 3. The van der Waals surface area contributed by atoms with Gasteiger partial charge in [-0.25, -0.2) is 4.79 Å². The summed E-state index contributed by atoms with van der Waals surface area (Å²) in [5.74, 6) is 3.33. The molecule has 4 heteroatoms. The molecule has 0 radical (unpaired) electrons. The fourth-order valence-corrected chi connectivity index (χ4v) is 1.92. The molecule has 1 aromatic carbocycles. The minimum atomic E-state index is -0.890. The summed E-state index contributed by atoms with van der Waals surface area (Å²) in [5.41, 5.74) is 2.05. The number of aromatic carboxylic acids is 1. The van der Waals surface area contributed by atoms with E-state index in [9.17, 15) is 4.79 Å². The van der Waals surface area contributed by atoms with Crippen LogP contribution >= 0.6 is 11.8 Å². The minimum Gasteiger partial charge on any atom is -0.478 e. The number of carboxylic acids is 1. The molecule has 0 saturated heterocycles. The van der Waals surface area contributed by atoms with E-state index < -0.39 is 5.97 Å². The summed E-state index contributed by atoms with van der Waals surface area (Å²) in [6.07, 6.45) is 5.14. The van der Waals surface area contributed by atoms with Crippen LogP contribution in [0, 0.1) is 19.3 Å². The zero-order chi connectivity index (χ0) is 12.7. The number of benzene rings is 1. The molecule has 0 atom stereocenters. The highest BCUT2D eigenvalue weighted by Gasteiger charge is 2.06. The van der Waals surface area contributed by atoms with Gasteiger partial charge in [-0.3, -0.25) is 0 Å². The van der Waals surface area contributed by atoms with Crippen molar-refractivity contribution in [2.24, 2.45) is 0 Å². The summed E-state index contributed by atoms with van der Waals surface area (Å²) in [6, 6.07) is 5.24. The van der Waals surface area contributed by atoms with E-state index in [4.69, 9.17) is 11.5 Å². The molecule has 1 aromatic rings. The Kier molecular flexibility index (Phi) is 5.44. The predicted molar refractivity (Wildman–Crippen MR) is 72.8 cm³/mol. The molecule has 0 fully saturated rings. The van der Waals surface area contributed by atoms with Crippen LogP contribution in [0.2, 0.25) is 0 Å². The van der Waals surface area contributed by atoms with Crippen molar-refractivity contribution in [3.8, 4) is 12.3 Å². The van der Waals surface area contributed by atoms with Gasteiger partial charge in [0.2, 0.25) is 0 Å². The van der Waals surface area contributed by atoms with Crippen LogP contribution in [0.4, 0.5) is 5.69 Å². The van der Waals surface area contributed by atoms with Crippen LogP contribution in [0.25, 0.3) is 0 Å². The first-order valence-corrected chi connectivity index (χ1v) is 6.39. The third-order valence-corrected chi connectivity index (χ3v) is 3.08. The Morgan fingerprint density at radius 1 is 1.59 bits per heavy atom. The molecule has 0 aliphatic carbocycles. The molecular formula is C13H15NO2S. The van der Waals surface area contributed by atoms with Gasteiger partial charge in [-0.05, 0) is 30.7 Å². The van der Waals surface area contributed by atoms with Crippen molar-refractivity contribution in [1.82, 2.24) is 0 Å². The molecule has 0 amide bonds. The lowest BCUT2D eigenvalue weighted by atomic mass is 10.1. The molecule has 2 N–H and O–H groups in total. The van der Waals surface area contributed by atoms with Gasteiger partial charge in [-0.15, -0.1) is 18.2 Å². The van der Waals surface area contributed by atoms with E-state index in [2.05, 4.69) is 11.2 Å².